The van der Waals surface area contributed by atoms with Crippen LogP contribution in [-0.2, 0) is 0 Å². The summed E-state index contributed by atoms with van der Waals surface area (Å²) in [5, 5.41) is 22.8. The Hall–Kier alpha value is -1.46. The third-order valence-corrected chi connectivity index (χ3v) is 2.06. The summed E-state index contributed by atoms with van der Waals surface area (Å²) in [5.74, 6) is 0. The largest absolute Gasteiger partial charge is 0.530 e. The number of aliphatic hydroxyl groups excluding tert-OH is 1. The SMILES string of the molecule is N=[N+]=NC1C[C@H](CO)N(C(=O)[O-])C1. The van der Waals surface area contributed by atoms with Crippen LogP contribution in [0.3, 0.4) is 0 Å². The van der Waals surface area contributed by atoms with Crippen LogP contribution in [0.1, 0.15) is 6.42 Å². The normalized spacial score (nSPS) is 27.0. The lowest BCUT2D eigenvalue weighted by molar-refractivity contribution is -0.267. The molecule has 2 N–H and O–H groups in total. The predicted molar refractivity (Wildman–Crippen MR) is 38.7 cm³/mol. The highest BCUT2D eigenvalue weighted by Gasteiger charge is 2.34. The van der Waals surface area contributed by atoms with E-state index in [2.05, 4.69) is 10.0 Å². The average molecular weight is 186 g/mol. The molecule has 0 aromatic heterocycles. The van der Waals surface area contributed by atoms with Crippen molar-refractivity contribution in [3.8, 4) is 0 Å². The van der Waals surface area contributed by atoms with Gasteiger partial charge in [0.15, 0.2) is 6.04 Å². The van der Waals surface area contributed by atoms with Crippen LogP contribution < -0.4 is 10.0 Å². The van der Waals surface area contributed by atoms with E-state index in [1.54, 1.807) is 0 Å². The molecular weight excluding hydrogens is 176 g/mol. The minimum Gasteiger partial charge on any atom is -0.530 e. The highest BCUT2D eigenvalue weighted by Crippen LogP contribution is 2.18. The van der Waals surface area contributed by atoms with Crippen LogP contribution in [0.2, 0.25) is 0 Å². The van der Waals surface area contributed by atoms with Crippen LogP contribution in [-0.4, -0.2) is 41.3 Å². The van der Waals surface area contributed by atoms with Crippen molar-refractivity contribution in [3.63, 3.8) is 0 Å². The van der Waals surface area contributed by atoms with Gasteiger partial charge in [-0.3, -0.25) is 0 Å². The number of carboxylic acid groups (broad SMARTS) is 1. The van der Waals surface area contributed by atoms with Gasteiger partial charge in [-0.2, -0.15) is 0 Å². The van der Waals surface area contributed by atoms with Gasteiger partial charge in [-0.25, -0.2) is 0 Å². The molecular formula is C6H10N4O3. The number of hydrogen-bond donors (Lipinski definition) is 2. The summed E-state index contributed by atoms with van der Waals surface area (Å²) in [6, 6.07) is -0.798. The molecule has 1 fully saturated rings. The molecule has 1 saturated heterocycles. The Bertz CT molecular complexity index is 250. The summed E-state index contributed by atoms with van der Waals surface area (Å²) >= 11 is 0. The molecule has 0 saturated carbocycles. The first-order valence-electron chi connectivity index (χ1n) is 3.84. The second-order valence-corrected chi connectivity index (χ2v) is 2.86. The van der Waals surface area contributed by atoms with E-state index in [1.165, 1.54) is 0 Å². The molecule has 0 aromatic rings. The highest BCUT2D eigenvalue weighted by atomic mass is 16.4. The molecule has 0 spiro atoms. The van der Waals surface area contributed by atoms with E-state index in [9.17, 15) is 9.90 Å². The van der Waals surface area contributed by atoms with Gasteiger partial charge in [0.05, 0.1) is 12.6 Å². The van der Waals surface area contributed by atoms with Gasteiger partial charge in [0.25, 0.3) is 0 Å². The summed E-state index contributed by atoms with van der Waals surface area (Å²) in [5.41, 5.74) is 6.48. The van der Waals surface area contributed by atoms with Crippen LogP contribution in [0.15, 0.2) is 5.11 Å². The fourth-order valence-corrected chi connectivity index (χ4v) is 1.45. The molecule has 72 valence electrons. The van der Waals surface area contributed by atoms with Gasteiger partial charge in [0.1, 0.15) is 16.7 Å². The number of aliphatic hydroxyl groups is 1. The highest BCUT2D eigenvalue weighted by molar-refractivity contribution is 5.63. The molecule has 0 radical (unpaired) electrons. The van der Waals surface area contributed by atoms with E-state index in [4.69, 9.17) is 10.6 Å². The Labute approximate surface area is 74.2 Å². The third-order valence-electron chi connectivity index (χ3n) is 2.06. The number of hydrogen-bond acceptors (Lipinski definition) is 5. The summed E-state index contributed by atoms with van der Waals surface area (Å²) in [6.45, 7) is -0.103. The molecule has 0 aliphatic carbocycles. The number of rotatable bonds is 2. The lowest BCUT2D eigenvalue weighted by atomic mass is 10.2. The van der Waals surface area contributed by atoms with Gasteiger partial charge in [0, 0.05) is 13.0 Å². The molecule has 1 aliphatic rings. The number of nitrogens with one attached hydrogen (secondary N) is 1. The maximum atomic E-state index is 10.5. The minimum atomic E-state index is -1.32. The Kier molecular flexibility index (Phi) is 2.94. The van der Waals surface area contributed by atoms with Gasteiger partial charge < -0.3 is 19.9 Å². The van der Waals surface area contributed by atoms with Gasteiger partial charge in [-0.1, -0.05) is 0 Å². The van der Waals surface area contributed by atoms with Crippen molar-refractivity contribution >= 4 is 6.09 Å². The second kappa shape index (κ2) is 3.97. The van der Waals surface area contributed by atoms with Gasteiger partial charge in [0.2, 0.25) is 4.91 Å². The average Bonchev–Trinajstić information content (AvgIpc) is 2.48. The van der Waals surface area contributed by atoms with Crippen molar-refractivity contribution in [2.75, 3.05) is 13.2 Å². The summed E-state index contributed by atoms with van der Waals surface area (Å²) in [4.78, 5) is 14.4. The van der Waals surface area contributed by atoms with Gasteiger partial charge in [-0.15, -0.1) is 0 Å². The van der Waals surface area contributed by atoms with E-state index < -0.39 is 12.1 Å². The first-order chi connectivity index (χ1) is 6.19. The molecule has 1 rings (SSSR count). The molecule has 2 atom stereocenters. The minimum absolute atomic E-state index is 0.149. The molecule has 1 heterocycles. The zero-order valence-electron chi connectivity index (χ0n) is 6.88. The molecule has 0 bridgehead atoms. The maximum absolute atomic E-state index is 10.5. The van der Waals surface area contributed by atoms with Gasteiger partial charge in [-0.05, 0) is 0 Å². The number of carbonyl (C=O) groups is 1. The maximum Gasteiger partial charge on any atom is 0.214 e. The number of amides is 1. The molecule has 13 heavy (non-hydrogen) atoms. The van der Waals surface area contributed by atoms with Crippen LogP contribution in [0.5, 0.6) is 0 Å². The van der Waals surface area contributed by atoms with Crippen LogP contribution in [0, 0.1) is 5.53 Å². The molecule has 1 aliphatic heterocycles. The fraction of sp³-hybridized carbons (Fsp3) is 0.833. The number of nitrogens with zero attached hydrogens (tertiary/aromatic N) is 3. The van der Waals surface area contributed by atoms with Crippen molar-refractivity contribution in [3.05, 3.63) is 0 Å². The van der Waals surface area contributed by atoms with Crippen LogP contribution in [0.4, 0.5) is 4.79 Å². The van der Waals surface area contributed by atoms with Gasteiger partial charge >= 0.3 is 0 Å². The number of likely N-dealkylation sites (tertiary alicyclic amines) is 1. The first-order valence-corrected chi connectivity index (χ1v) is 3.84. The second-order valence-electron chi connectivity index (χ2n) is 2.86. The third kappa shape index (κ3) is 2.01. The van der Waals surface area contributed by atoms with E-state index in [-0.39, 0.29) is 19.2 Å². The Morgan fingerprint density at radius 1 is 1.85 bits per heavy atom. The Balaban J connectivity index is 2.66. The van der Waals surface area contributed by atoms with Crippen LogP contribution >= 0.6 is 0 Å². The lowest BCUT2D eigenvalue weighted by Crippen LogP contribution is -2.45. The zero-order chi connectivity index (χ0) is 9.84. The fourth-order valence-electron chi connectivity index (χ4n) is 1.45. The topological polar surface area (TPSA) is 114 Å². The predicted octanol–water partition coefficient (Wildman–Crippen LogP) is -1.68. The molecule has 7 heteroatoms. The van der Waals surface area contributed by atoms with Crippen molar-refractivity contribution < 1.29 is 15.0 Å². The Morgan fingerprint density at radius 3 is 2.92 bits per heavy atom. The van der Waals surface area contributed by atoms with Crippen molar-refractivity contribution in [2.45, 2.75) is 18.5 Å². The molecule has 1 amide bonds. The van der Waals surface area contributed by atoms with Crippen LogP contribution in [0.25, 0.3) is 0 Å². The summed E-state index contributed by atoms with van der Waals surface area (Å²) in [6.07, 6.45) is -0.922. The molecule has 7 nitrogen and oxygen atoms in total. The number of carbonyl (C=O) groups excluding carboxylic acids is 1. The van der Waals surface area contributed by atoms with E-state index in [0.29, 0.717) is 6.42 Å². The monoisotopic (exact) mass is 186 g/mol. The van der Waals surface area contributed by atoms with E-state index in [0.717, 1.165) is 4.90 Å². The van der Waals surface area contributed by atoms with Crippen molar-refractivity contribution in [1.82, 2.24) is 9.81 Å². The summed E-state index contributed by atoms with van der Waals surface area (Å²) in [7, 11) is 0. The lowest BCUT2D eigenvalue weighted by Gasteiger charge is -2.24. The standard InChI is InChI=1S/C6H10N4O3/c7-9-8-4-1-5(3-11)10(2-4)6(12)13/h4-5,7,11H,1-3H2/t4?,5-/m1/s1. The molecule has 0 aromatic carbocycles. The smallest absolute Gasteiger partial charge is 0.214 e. The van der Waals surface area contributed by atoms with E-state index in [1.807, 2.05) is 0 Å². The van der Waals surface area contributed by atoms with E-state index >= 15 is 0 Å². The van der Waals surface area contributed by atoms with Crippen molar-refractivity contribution in [2.24, 2.45) is 5.11 Å². The first kappa shape index (κ1) is 9.63. The zero-order valence-corrected chi connectivity index (χ0v) is 6.88. The Morgan fingerprint density at radius 2 is 2.54 bits per heavy atom. The summed E-state index contributed by atoms with van der Waals surface area (Å²) < 4.78 is 0. The van der Waals surface area contributed by atoms with Crippen molar-refractivity contribution in [1.29, 1.82) is 5.53 Å². The molecule has 1 unspecified atom stereocenters. The quantitative estimate of drug-likeness (QED) is 0.396.